The summed E-state index contributed by atoms with van der Waals surface area (Å²) in [6.07, 6.45) is 2.59. The third-order valence-corrected chi connectivity index (χ3v) is 11.9. The zero-order valence-corrected chi connectivity index (χ0v) is 34.4. The number of aromatic hydroxyl groups is 4. The molecule has 2 heterocycles. The number of fused-ring (bicyclic) bond motifs is 4. The molecule has 4 aromatic rings. The topological polar surface area (TPSA) is 244 Å². The molecule has 0 radical (unpaired) electrons. The number of phenolic OH excluding ortho intramolecular Hbond substituents is 4. The number of carbonyl (C=O) groups excluding carboxylic acids is 2. The van der Waals surface area contributed by atoms with Crippen LogP contribution in [0, 0.1) is 0 Å². The molecular formula is C46H58O14. The van der Waals surface area contributed by atoms with Crippen molar-refractivity contribution < 1.29 is 69.8 Å². The van der Waals surface area contributed by atoms with E-state index in [9.17, 15) is 55.5 Å². The second kappa shape index (κ2) is 19.2. The molecular weight excluding hydrogens is 776 g/mol. The largest absolute Gasteiger partial charge is 0.506 e. The summed E-state index contributed by atoms with van der Waals surface area (Å²) < 4.78 is 16.9. The summed E-state index contributed by atoms with van der Waals surface area (Å²) in [6.45, 7) is 3.45. The minimum Gasteiger partial charge on any atom is -0.506 e. The maximum absolute atomic E-state index is 13.4. The van der Waals surface area contributed by atoms with E-state index < -0.39 is 78.2 Å². The number of benzene rings is 4. The van der Waals surface area contributed by atoms with Crippen LogP contribution in [-0.2, 0) is 28.9 Å². The number of phenols is 4. The van der Waals surface area contributed by atoms with E-state index in [4.69, 9.17) is 14.2 Å². The zero-order valence-electron chi connectivity index (χ0n) is 34.4. The Kier molecular flexibility index (Phi) is 14.3. The summed E-state index contributed by atoms with van der Waals surface area (Å²) in [5.41, 5.74) is 0.121. The lowest BCUT2D eigenvalue weighted by atomic mass is 9.86. The smallest absolute Gasteiger partial charge is 0.342 e. The van der Waals surface area contributed by atoms with Crippen molar-refractivity contribution >= 4 is 33.5 Å². The van der Waals surface area contributed by atoms with E-state index >= 15 is 0 Å². The van der Waals surface area contributed by atoms with Crippen molar-refractivity contribution in [2.45, 2.75) is 147 Å². The number of methoxy groups -OCH3 is 1. The molecule has 0 saturated carbocycles. The standard InChI is InChI=1S/C46H58O14/c1-4-6-8-10-28(48)18-30(50)20-32-15-24-12-23-14-27(22-47)35(41(52)36(23)42(53)38(24)45(56)59-32)40-34(58-3)17-26-13-25-16-33(21-31(51)19-29(49)11-9-7-5-2)60-46(57)39(25)43(54)37(26)44(40)55/h12-14,17,28-33,47-55H,4-11,15-16,18-22H2,1-3H3. The van der Waals surface area contributed by atoms with Gasteiger partial charge in [0.2, 0.25) is 0 Å². The van der Waals surface area contributed by atoms with Crippen LogP contribution in [0.4, 0.5) is 0 Å². The van der Waals surface area contributed by atoms with Gasteiger partial charge in [-0.15, -0.1) is 0 Å². The van der Waals surface area contributed by atoms with Crippen LogP contribution in [0.25, 0.3) is 32.7 Å². The van der Waals surface area contributed by atoms with Gasteiger partial charge in [-0.2, -0.15) is 0 Å². The number of unbranched alkanes of at least 4 members (excludes halogenated alkanes) is 4. The Hall–Kier alpha value is -4.86. The average molecular weight is 835 g/mol. The van der Waals surface area contributed by atoms with Gasteiger partial charge in [0.15, 0.2) is 0 Å². The van der Waals surface area contributed by atoms with E-state index in [2.05, 4.69) is 13.8 Å². The van der Waals surface area contributed by atoms with Gasteiger partial charge in [0.1, 0.15) is 52.1 Å². The molecule has 60 heavy (non-hydrogen) atoms. The maximum Gasteiger partial charge on any atom is 0.342 e. The molecule has 4 aromatic carbocycles. The molecule has 14 nitrogen and oxygen atoms in total. The van der Waals surface area contributed by atoms with E-state index in [1.165, 1.54) is 19.2 Å². The summed E-state index contributed by atoms with van der Waals surface area (Å²) in [7, 11) is 1.31. The molecule has 6 rings (SSSR count). The molecule has 14 heteroatoms. The Labute approximate surface area is 348 Å². The number of aliphatic hydroxyl groups excluding tert-OH is 5. The van der Waals surface area contributed by atoms with Gasteiger partial charge in [0, 0.05) is 31.2 Å². The monoisotopic (exact) mass is 834 g/mol. The van der Waals surface area contributed by atoms with Crippen molar-refractivity contribution in [3.8, 4) is 39.9 Å². The fourth-order valence-electron chi connectivity index (χ4n) is 8.97. The normalized spacial score (nSPS) is 18.4. The van der Waals surface area contributed by atoms with Crippen LogP contribution in [0.1, 0.15) is 128 Å². The van der Waals surface area contributed by atoms with E-state index in [1.807, 2.05) is 0 Å². The van der Waals surface area contributed by atoms with Crippen LogP contribution in [0.15, 0.2) is 24.3 Å². The Morgan fingerprint density at radius 1 is 0.617 bits per heavy atom. The van der Waals surface area contributed by atoms with Gasteiger partial charge in [-0.05, 0) is 77.4 Å². The highest BCUT2D eigenvalue weighted by atomic mass is 16.6. The summed E-state index contributed by atoms with van der Waals surface area (Å²) >= 11 is 0. The lowest BCUT2D eigenvalue weighted by Gasteiger charge is -2.29. The van der Waals surface area contributed by atoms with Gasteiger partial charge >= 0.3 is 11.9 Å². The Morgan fingerprint density at radius 3 is 1.48 bits per heavy atom. The molecule has 0 aromatic heterocycles. The van der Waals surface area contributed by atoms with Crippen molar-refractivity contribution in [1.82, 2.24) is 0 Å². The molecule has 6 unspecified atom stereocenters. The Balaban J connectivity index is 1.33. The predicted molar refractivity (Wildman–Crippen MR) is 223 cm³/mol. The summed E-state index contributed by atoms with van der Waals surface area (Å²) in [6, 6.07) is 6.13. The highest BCUT2D eigenvalue weighted by molar-refractivity contribution is 6.12. The van der Waals surface area contributed by atoms with E-state index in [0.29, 0.717) is 24.0 Å². The van der Waals surface area contributed by atoms with Crippen LogP contribution in [-0.4, -0.2) is 102 Å². The second-order valence-corrected chi connectivity index (χ2v) is 16.4. The minimum absolute atomic E-state index is 0.000130. The van der Waals surface area contributed by atoms with Crippen LogP contribution < -0.4 is 4.74 Å². The summed E-state index contributed by atoms with van der Waals surface area (Å²) in [5.74, 6) is -4.21. The fraction of sp³-hybridized carbons (Fsp3) is 0.522. The number of hydrogen-bond donors (Lipinski definition) is 9. The van der Waals surface area contributed by atoms with Crippen LogP contribution in [0.2, 0.25) is 0 Å². The van der Waals surface area contributed by atoms with E-state index in [0.717, 1.165) is 38.5 Å². The van der Waals surface area contributed by atoms with Crippen LogP contribution in [0.5, 0.6) is 28.7 Å². The first kappa shape index (κ1) is 44.7. The first-order chi connectivity index (χ1) is 28.7. The highest BCUT2D eigenvalue weighted by Crippen LogP contribution is 2.54. The van der Waals surface area contributed by atoms with Crippen LogP contribution in [0.3, 0.4) is 0 Å². The Morgan fingerprint density at radius 2 is 1.05 bits per heavy atom. The van der Waals surface area contributed by atoms with E-state index in [-0.39, 0.29) is 93.6 Å². The molecule has 2 aliphatic heterocycles. The number of aliphatic hydroxyl groups is 5. The molecule has 0 saturated heterocycles. The molecule has 326 valence electrons. The molecule has 0 bridgehead atoms. The van der Waals surface area contributed by atoms with Gasteiger partial charge in [0.25, 0.3) is 0 Å². The average Bonchev–Trinajstić information content (AvgIpc) is 3.17. The molecule has 0 fully saturated rings. The van der Waals surface area contributed by atoms with Crippen molar-refractivity contribution in [2.75, 3.05) is 7.11 Å². The lowest BCUT2D eigenvalue weighted by molar-refractivity contribution is -0.000831. The van der Waals surface area contributed by atoms with Crippen LogP contribution >= 0.6 is 0 Å². The molecule has 2 aliphatic rings. The first-order valence-electron chi connectivity index (χ1n) is 21.1. The van der Waals surface area contributed by atoms with Gasteiger partial charge in [0.05, 0.1) is 54.5 Å². The van der Waals surface area contributed by atoms with Crippen molar-refractivity contribution in [3.05, 3.63) is 52.1 Å². The predicted octanol–water partition coefficient (Wildman–Crippen LogP) is 6.31. The third-order valence-electron chi connectivity index (χ3n) is 11.9. The molecule has 6 atom stereocenters. The van der Waals surface area contributed by atoms with Gasteiger partial charge < -0.3 is 60.2 Å². The number of hydrogen-bond acceptors (Lipinski definition) is 14. The third kappa shape index (κ3) is 9.23. The summed E-state index contributed by atoms with van der Waals surface area (Å²) in [4.78, 5) is 26.8. The minimum atomic E-state index is -0.940. The lowest BCUT2D eigenvalue weighted by Crippen LogP contribution is -2.32. The number of carbonyl (C=O) groups is 2. The number of rotatable bonds is 19. The van der Waals surface area contributed by atoms with Crippen molar-refractivity contribution in [3.63, 3.8) is 0 Å². The quantitative estimate of drug-likeness (QED) is 0.0371. The SMILES string of the molecule is CCCCCC(O)CC(O)CC1Cc2cc3cc(CO)c(-c4c(OC)cc5cc6c(c(O)c5c4O)C(=O)OC(CC(O)CC(O)CCCCC)C6)c(O)c3c(O)c2C(=O)O1. The summed E-state index contributed by atoms with van der Waals surface area (Å²) in [5, 5.41) is 99.9. The second-order valence-electron chi connectivity index (χ2n) is 16.4. The Bertz CT molecular complexity index is 2060. The number of ether oxygens (including phenoxy) is 3. The number of esters is 2. The number of cyclic esters (lactones) is 2. The maximum atomic E-state index is 13.4. The van der Waals surface area contributed by atoms with Gasteiger partial charge in [-0.3, -0.25) is 0 Å². The van der Waals surface area contributed by atoms with Gasteiger partial charge in [-0.25, -0.2) is 9.59 Å². The highest BCUT2D eigenvalue weighted by Gasteiger charge is 2.36. The van der Waals surface area contributed by atoms with Crippen molar-refractivity contribution in [2.24, 2.45) is 0 Å². The molecule has 9 N–H and O–H groups in total. The van der Waals surface area contributed by atoms with E-state index in [1.54, 1.807) is 12.1 Å². The fourth-order valence-corrected chi connectivity index (χ4v) is 8.97. The van der Waals surface area contributed by atoms with Crippen molar-refractivity contribution in [1.29, 1.82) is 0 Å². The zero-order chi connectivity index (χ0) is 43.4. The first-order valence-corrected chi connectivity index (χ1v) is 21.1. The molecule has 0 spiro atoms. The van der Waals surface area contributed by atoms with Gasteiger partial charge in [-0.1, -0.05) is 52.4 Å². The molecule has 0 amide bonds. The molecule has 0 aliphatic carbocycles.